The van der Waals surface area contributed by atoms with Crippen molar-refractivity contribution in [3.63, 3.8) is 0 Å². The van der Waals surface area contributed by atoms with Gasteiger partial charge >= 0.3 is 5.97 Å². The predicted octanol–water partition coefficient (Wildman–Crippen LogP) is 3.04. The lowest BCUT2D eigenvalue weighted by molar-refractivity contribution is 0.0692. The van der Waals surface area contributed by atoms with E-state index in [1.165, 1.54) is 24.3 Å². The second-order valence-corrected chi connectivity index (χ2v) is 4.65. The fourth-order valence-electron chi connectivity index (χ4n) is 2.12. The molecule has 22 heavy (non-hydrogen) atoms. The van der Waals surface area contributed by atoms with Crippen LogP contribution in [0, 0.1) is 5.82 Å². The smallest absolute Gasteiger partial charge is 0.339 e. The number of phenols is 1. The molecule has 0 bridgehead atoms. The molecule has 0 saturated carbocycles. The summed E-state index contributed by atoms with van der Waals surface area (Å²) in [6.45, 7) is 1.74. The van der Waals surface area contributed by atoms with Gasteiger partial charge in [0.25, 0.3) is 5.91 Å². The zero-order chi connectivity index (χ0) is 16.3. The van der Waals surface area contributed by atoms with Gasteiger partial charge in [-0.3, -0.25) is 4.79 Å². The van der Waals surface area contributed by atoms with E-state index in [1.807, 2.05) is 0 Å². The zero-order valence-corrected chi connectivity index (χ0v) is 11.8. The maximum absolute atomic E-state index is 13.1. The van der Waals surface area contributed by atoms with Crippen LogP contribution in [0.1, 0.15) is 33.2 Å². The quantitative estimate of drug-likeness (QED) is 0.810. The minimum absolute atomic E-state index is 0.125. The van der Waals surface area contributed by atoms with Gasteiger partial charge in [-0.15, -0.1) is 0 Å². The highest BCUT2D eigenvalue weighted by atomic mass is 19.1. The third-order valence-corrected chi connectivity index (χ3v) is 3.14. The van der Waals surface area contributed by atoms with Gasteiger partial charge in [-0.05, 0) is 36.2 Å². The Labute approximate surface area is 126 Å². The van der Waals surface area contributed by atoms with Crippen LogP contribution < -0.4 is 5.32 Å². The van der Waals surface area contributed by atoms with E-state index >= 15 is 0 Å². The van der Waals surface area contributed by atoms with Crippen molar-refractivity contribution in [2.24, 2.45) is 0 Å². The van der Waals surface area contributed by atoms with Crippen molar-refractivity contribution in [2.75, 3.05) is 5.32 Å². The predicted molar refractivity (Wildman–Crippen MR) is 78.8 cm³/mol. The number of halogens is 1. The maximum Gasteiger partial charge on any atom is 0.339 e. The lowest BCUT2D eigenvalue weighted by Crippen LogP contribution is -2.13. The number of nitrogens with one attached hydrogen (secondary N) is 1. The highest BCUT2D eigenvalue weighted by molar-refractivity contribution is 6.05. The van der Waals surface area contributed by atoms with Crippen molar-refractivity contribution >= 4 is 17.6 Å². The molecular weight excluding hydrogens is 289 g/mol. The Bertz CT molecular complexity index is 743. The molecule has 0 heterocycles. The number of anilines is 1. The Kier molecular flexibility index (Phi) is 4.41. The first-order chi connectivity index (χ1) is 10.4. The Hall–Kier alpha value is -2.89. The molecule has 0 aliphatic rings. The molecule has 0 aromatic heterocycles. The number of carboxylic acid groups (broad SMARTS) is 1. The molecule has 0 aliphatic heterocycles. The van der Waals surface area contributed by atoms with E-state index in [0.29, 0.717) is 12.0 Å². The van der Waals surface area contributed by atoms with Gasteiger partial charge in [0, 0.05) is 17.3 Å². The monoisotopic (exact) mass is 303 g/mol. The van der Waals surface area contributed by atoms with E-state index in [0.717, 1.165) is 12.1 Å². The van der Waals surface area contributed by atoms with E-state index < -0.39 is 23.4 Å². The molecule has 6 heteroatoms. The molecule has 0 fully saturated rings. The van der Waals surface area contributed by atoms with E-state index in [1.54, 1.807) is 6.92 Å². The lowest BCUT2D eigenvalue weighted by Gasteiger charge is -2.11. The number of aromatic hydroxyl groups is 1. The molecule has 0 unspecified atom stereocenters. The van der Waals surface area contributed by atoms with Gasteiger partial charge in [0.15, 0.2) is 0 Å². The van der Waals surface area contributed by atoms with Gasteiger partial charge in [0.05, 0.1) is 0 Å². The van der Waals surface area contributed by atoms with Gasteiger partial charge in [0.2, 0.25) is 0 Å². The first-order valence-electron chi connectivity index (χ1n) is 6.58. The minimum atomic E-state index is -1.24. The van der Waals surface area contributed by atoms with Crippen LogP contribution in [0.15, 0.2) is 36.4 Å². The molecule has 2 aromatic rings. The first-order valence-corrected chi connectivity index (χ1v) is 6.58. The van der Waals surface area contributed by atoms with Gasteiger partial charge in [-0.2, -0.15) is 0 Å². The fraction of sp³-hybridized carbons (Fsp3) is 0.125. The summed E-state index contributed by atoms with van der Waals surface area (Å²) >= 11 is 0. The summed E-state index contributed by atoms with van der Waals surface area (Å²) in [4.78, 5) is 23.1. The van der Waals surface area contributed by atoms with Crippen molar-refractivity contribution in [3.05, 3.63) is 58.9 Å². The summed E-state index contributed by atoms with van der Waals surface area (Å²) in [6, 6.07) is 7.79. The standard InChI is InChI=1S/C16H14FNO4/c1-2-9-7-12(8-13(19)14(9)16(21)22)18-15(20)10-4-3-5-11(17)6-10/h3-8,19H,2H2,1H3,(H,18,20)(H,21,22). The van der Waals surface area contributed by atoms with E-state index in [-0.39, 0.29) is 16.8 Å². The van der Waals surface area contributed by atoms with Gasteiger partial charge in [-0.1, -0.05) is 13.0 Å². The van der Waals surface area contributed by atoms with Crippen LogP contribution >= 0.6 is 0 Å². The van der Waals surface area contributed by atoms with Gasteiger partial charge in [-0.25, -0.2) is 9.18 Å². The maximum atomic E-state index is 13.1. The molecule has 0 spiro atoms. The van der Waals surface area contributed by atoms with Gasteiger partial charge < -0.3 is 15.5 Å². The van der Waals surface area contributed by atoms with Crippen LogP contribution in [0.5, 0.6) is 5.75 Å². The fourth-order valence-corrected chi connectivity index (χ4v) is 2.12. The van der Waals surface area contributed by atoms with E-state index in [9.17, 15) is 19.1 Å². The van der Waals surface area contributed by atoms with Crippen LogP contribution in [0.2, 0.25) is 0 Å². The minimum Gasteiger partial charge on any atom is -0.507 e. The largest absolute Gasteiger partial charge is 0.507 e. The van der Waals surface area contributed by atoms with Crippen molar-refractivity contribution in [2.45, 2.75) is 13.3 Å². The summed E-state index contributed by atoms with van der Waals surface area (Å²) < 4.78 is 13.1. The lowest BCUT2D eigenvalue weighted by atomic mass is 10.0. The summed E-state index contributed by atoms with van der Waals surface area (Å²) in [5.41, 5.74) is 0.571. The van der Waals surface area contributed by atoms with Crippen LogP contribution in [0.25, 0.3) is 0 Å². The molecule has 2 rings (SSSR count). The van der Waals surface area contributed by atoms with Crippen LogP contribution in [0.4, 0.5) is 10.1 Å². The summed E-state index contributed by atoms with van der Waals surface area (Å²) in [5, 5.41) is 21.4. The molecule has 114 valence electrons. The second kappa shape index (κ2) is 6.26. The molecule has 2 aromatic carbocycles. The number of hydrogen-bond acceptors (Lipinski definition) is 3. The normalized spacial score (nSPS) is 10.3. The van der Waals surface area contributed by atoms with Crippen molar-refractivity contribution in [3.8, 4) is 5.75 Å². The molecule has 3 N–H and O–H groups in total. The first kappa shape index (κ1) is 15.5. The van der Waals surface area contributed by atoms with Crippen molar-refractivity contribution in [1.29, 1.82) is 0 Å². The number of amides is 1. The highest BCUT2D eigenvalue weighted by Gasteiger charge is 2.17. The Morgan fingerprint density at radius 2 is 1.95 bits per heavy atom. The number of aromatic carboxylic acids is 1. The summed E-state index contributed by atoms with van der Waals surface area (Å²) in [7, 11) is 0. The topological polar surface area (TPSA) is 86.6 Å². The molecule has 1 amide bonds. The van der Waals surface area contributed by atoms with Crippen molar-refractivity contribution < 1.29 is 24.2 Å². The van der Waals surface area contributed by atoms with Crippen molar-refractivity contribution in [1.82, 2.24) is 0 Å². The number of carbonyl (C=O) groups excluding carboxylic acids is 1. The number of benzene rings is 2. The number of hydrogen-bond donors (Lipinski definition) is 3. The number of carbonyl (C=O) groups is 2. The number of aryl methyl sites for hydroxylation is 1. The van der Waals surface area contributed by atoms with Crippen LogP contribution in [0.3, 0.4) is 0 Å². The second-order valence-electron chi connectivity index (χ2n) is 4.65. The average Bonchev–Trinajstić information content (AvgIpc) is 2.45. The average molecular weight is 303 g/mol. The molecule has 5 nitrogen and oxygen atoms in total. The Balaban J connectivity index is 2.32. The Morgan fingerprint density at radius 1 is 1.23 bits per heavy atom. The summed E-state index contributed by atoms with van der Waals surface area (Å²) in [5.74, 6) is -2.76. The summed E-state index contributed by atoms with van der Waals surface area (Å²) in [6.07, 6.45) is 0.374. The molecule has 0 atom stereocenters. The third kappa shape index (κ3) is 3.22. The Morgan fingerprint density at radius 3 is 2.55 bits per heavy atom. The SMILES string of the molecule is CCc1cc(NC(=O)c2cccc(F)c2)cc(O)c1C(=O)O. The number of rotatable bonds is 4. The van der Waals surface area contributed by atoms with E-state index in [4.69, 9.17) is 5.11 Å². The van der Waals surface area contributed by atoms with Gasteiger partial charge in [0.1, 0.15) is 17.1 Å². The third-order valence-electron chi connectivity index (χ3n) is 3.14. The zero-order valence-electron chi connectivity index (χ0n) is 11.8. The van der Waals surface area contributed by atoms with Crippen LogP contribution in [-0.2, 0) is 6.42 Å². The molecule has 0 saturated heterocycles. The molecule has 0 radical (unpaired) electrons. The van der Waals surface area contributed by atoms with Crippen LogP contribution in [-0.4, -0.2) is 22.1 Å². The van der Waals surface area contributed by atoms with E-state index in [2.05, 4.69) is 5.32 Å². The highest BCUT2D eigenvalue weighted by Crippen LogP contribution is 2.27. The molecular formula is C16H14FNO4. The number of carboxylic acids is 1. The molecule has 0 aliphatic carbocycles.